The number of nitrogens with one attached hydrogen (secondary N) is 1. The molecule has 0 saturated carbocycles. The lowest BCUT2D eigenvalue weighted by Crippen LogP contribution is -2.66. The fourth-order valence-electron chi connectivity index (χ4n) is 2.75. The molecule has 1 fully saturated rings. The largest absolute Gasteiger partial charge is 0.396 e. The van der Waals surface area contributed by atoms with Crippen LogP contribution in [0.25, 0.3) is 0 Å². The number of hydrogen-bond donors (Lipinski definition) is 6. The van der Waals surface area contributed by atoms with E-state index in [1.807, 2.05) is 4.90 Å². The van der Waals surface area contributed by atoms with Crippen LogP contribution in [0.5, 0.6) is 0 Å². The van der Waals surface area contributed by atoms with Gasteiger partial charge in [-0.25, -0.2) is 10.4 Å². The molecule has 24 heavy (non-hydrogen) atoms. The molecule has 1 rings (SSSR count). The molecule has 1 atom stereocenters. The summed E-state index contributed by atoms with van der Waals surface area (Å²) in [5, 5.41) is 39.1. The first-order valence-electron chi connectivity index (χ1n) is 7.94. The molecular formula is C13H29N3O7S. The second-order valence-electron chi connectivity index (χ2n) is 6.15. The third-order valence-electron chi connectivity index (χ3n) is 4.22. The smallest absolute Gasteiger partial charge is 0.264 e. The maximum Gasteiger partial charge on any atom is 0.264 e. The number of aliphatic hydroxyl groups excluding tert-OH is 4. The van der Waals surface area contributed by atoms with Crippen molar-refractivity contribution in [3.8, 4) is 0 Å². The highest BCUT2D eigenvalue weighted by Crippen LogP contribution is 2.14. The van der Waals surface area contributed by atoms with E-state index < -0.39 is 35.5 Å². The minimum absolute atomic E-state index is 0.0293. The van der Waals surface area contributed by atoms with Gasteiger partial charge in [-0.15, -0.1) is 0 Å². The lowest BCUT2D eigenvalue weighted by Gasteiger charge is -2.44. The van der Waals surface area contributed by atoms with Crippen molar-refractivity contribution in [2.24, 2.45) is 0 Å². The highest BCUT2D eigenvalue weighted by Gasteiger charge is 2.34. The van der Waals surface area contributed by atoms with Crippen LogP contribution in [0.15, 0.2) is 0 Å². The van der Waals surface area contributed by atoms with E-state index in [0.717, 1.165) is 0 Å². The Balaban J connectivity index is 2.60. The Bertz CT molecular complexity index is 450. The number of rotatable bonds is 11. The quantitative estimate of drug-likeness (QED) is 0.205. The number of aliphatic hydroxyl groups is 4. The summed E-state index contributed by atoms with van der Waals surface area (Å²) < 4.78 is 30.4. The number of hydrazine groups is 1. The van der Waals surface area contributed by atoms with E-state index in [1.165, 1.54) is 0 Å². The Morgan fingerprint density at radius 1 is 1.08 bits per heavy atom. The van der Waals surface area contributed by atoms with E-state index in [4.69, 9.17) is 4.55 Å². The van der Waals surface area contributed by atoms with Gasteiger partial charge in [0, 0.05) is 32.3 Å². The maximum atomic E-state index is 10.8. The summed E-state index contributed by atoms with van der Waals surface area (Å²) in [4.78, 5) is 2.04. The molecule has 0 radical (unpaired) electrons. The van der Waals surface area contributed by atoms with E-state index in [9.17, 15) is 28.8 Å². The summed E-state index contributed by atoms with van der Waals surface area (Å²) in [7, 11) is -3.98. The van der Waals surface area contributed by atoms with E-state index in [1.54, 1.807) is 5.01 Å². The van der Waals surface area contributed by atoms with Gasteiger partial charge in [0.25, 0.3) is 10.1 Å². The molecule has 11 heteroatoms. The van der Waals surface area contributed by atoms with Crippen LogP contribution in [0.3, 0.4) is 0 Å². The van der Waals surface area contributed by atoms with Crippen LogP contribution in [0.2, 0.25) is 0 Å². The van der Waals surface area contributed by atoms with Crippen LogP contribution in [-0.4, -0.2) is 113 Å². The van der Waals surface area contributed by atoms with Crippen molar-refractivity contribution in [1.82, 2.24) is 15.3 Å². The van der Waals surface area contributed by atoms with Crippen molar-refractivity contribution in [2.45, 2.75) is 24.4 Å². The van der Waals surface area contributed by atoms with Gasteiger partial charge in [-0.1, -0.05) is 0 Å². The van der Waals surface area contributed by atoms with Gasteiger partial charge in [-0.05, 0) is 19.4 Å². The zero-order valence-corrected chi connectivity index (χ0v) is 14.5. The summed E-state index contributed by atoms with van der Waals surface area (Å²) in [5.74, 6) is -0.306. The summed E-state index contributed by atoms with van der Waals surface area (Å²) in [6, 6.07) is -0.0496. The minimum Gasteiger partial charge on any atom is -0.396 e. The number of nitrogens with zero attached hydrogens (tertiary/aromatic N) is 2. The first-order chi connectivity index (χ1) is 11.3. The van der Waals surface area contributed by atoms with Crippen molar-refractivity contribution >= 4 is 10.1 Å². The van der Waals surface area contributed by atoms with Crippen LogP contribution in [-0.2, 0) is 10.1 Å². The normalized spacial score (nSPS) is 21.3. The highest BCUT2D eigenvalue weighted by molar-refractivity contribution is 7.85. The first-order valence-corrected chi connectivity index (χ1v) is 9.55. The van der Waals surface area contributed by atoms with Gasteiger partial charge in [0.1, 0.15) is 5.54 Å². The third kappa shape index (κ3) is 6.86. The molecular weight excluding hydrogens is 342 g/mol. The van der Waals surface area contributed by atoms with Gasteiger partial charge in [0.2, 0.25) is 0 Å². The second kappa shape index (κ2) is 9.94. The topological polar surface area (TPSA) is 154 Å². The Labute approximate surface area is 142 Å². The van der Waals surface area contributed by atoms with Gasteiger partial charge < -0.3 is 20.4 Å². The number of piperazine rings is 1. The zero-order chi connectivity index (χ0) is 18.2. The molecule has 0 aromatic carbocycles. The van der Waals surface area contributed by atoms with Gasteiger partial charge in [-0.3, -0.25) is 9.45 Å². The third-order valence-corrected chi connectivity index (χ3v) is 5.02. The lowest BCUT2D eigenvalue weighted by molar-refractivity contribution is -0.0470. The van der Waals surface area contributed by atoms with Gasteiger partial charge in [0.05, 0.1) is 25.6 Å². The van der Waals surface area contributed by atoms with E-state index in [2.05, 4.69) is 5.43 Å². The molecule has 1 aliphatic rings. The Hall–Kier alpha value is -0.370. The SMILES string of the molecule is O=S(=O)(O)CCCN1CCN(NC(CO)(CO)CO)CC1CCO. The highest BCUT2D eigenvalue weighted by atomic mass is 32.2. The summed E-state index contributed by atoms with van der Waals surface area (Å²) in [6.07, 6.45) is 0.774. The van der Waals surface area contributed by atoms with E-state index in [0.29, 0.717) is 39.0 Å². The fourth-order valence-corrected chi connectivity index (χ4v) is 3.25. The fraction of sp³-hybridized carbons (Fsp3) is 1.00. The second-order valence-corrected chi connectivity index (χ2v) is 7.73. The average molecular weight is 371 g/mol. The summed E-state index contributed by atoms with van der Waals surface area (Å²) in [5.41, 5.74) is 1.74. The molecule has 0 aliphatic carbocycles. The first kappa shape index (κ1) is 21.7. The predicted octanol–water partition coefficient (Wildman–Crippen LogP) is -3.15. The van der Waals surface area contributed by atoms with Crippen LogP contribution < -0.4 is 5.43 Å². The van der Waals surface area contributed by atoms with Crippen molar-refractivity contribution in [2.75, 3.05) is 58.4 Å². The molecule has 144 valence electrons. The van der Waals surface area contributed by atoms with Gasteiger partial charge in [-0.2, -0.15) is 8.42 Å². The molecule has 6 N–H and O–H groups in total. The van der Waals surface area contributed by atoms with E-state index in [-0.39, 0.29) is 18.4 Å². The molecule has 1 heterocycles. The standard InChI is InChI=1S/C13H29N3O7S/c17-6-2-12-8-16(14-13(9-18,10-19)11-20)5-4-15(12)3-1-7-24(21,22)23/h12,14,17-20H,1-11H2,(H,21,22,23). The van der Waals surface area contributed by atoms with Crippen molar-refractivity contribution in [3.05, 3.63) is 0 Å². The van der Waals surface area contributed by atoms with E-state index >= 15 is 0 Å². The maximum absolute atomic E-state index is 10.8. The van der Waals surface area contributed by atoms with Crippen LogP contribution in [0.4, 0.5) is 0 Å². The van der Waals surface area contributed by atoms with Gasteiger partial charge >= 0.3 is 0 Å². The lowest BCUT2D eigenvalue weighted by atomic mass is 10.0. The predicted molar refractivity (Wildman–Crippen MR) is 86.8 cm³/mol. The van der Waals surface area contributed by atoms with Crippen LogP contribution >= 0.6 is 0 Å². The summed E-state index contributed by atoms with van der Waals surface area (Å²) in [6.45, 7) is 0.755. The molecule has 1 unspecified atom stereocenters. The molecule has 1 aliphatic heterocycles. The van der Waals surface area contributed by atoms with Crippen molar-refractivity contribution in [3.63, 3.8) is 0 Å². The van der Waals surface area contributed by atoms with Crippen LogP contribution in [0.1, 0.15) is 12.8 Å². The monoisotopic (exact) mass is 371 g/mol. The molecule has 0 aromatic heterocycles. The number of hydrogen-bond acceptors (Lipinski definition) is 9. The zero-order valence-electron chi connectivity index (χ0n) is 13.7. The Morgan fingerprint density at radius 3 is 2.21 bits per heavy atom. The molecule has 0 bridgehead atoms. The molecule has 1 saturated heterocycles. The summed E-state index contributed by atoms with van der Waals surface area (Å²) >= 11 is 0. The average Bonchev–Trinajstić information content (AvgIpc) is 2.54. The van der Waals surface area contributed by atoms with Crippen molar-refractivity contribution < 1.29 is 33.4 Å². The minimum atomic E-state index is -3.98. The molecule has 0 aromatic rings. The molecule has 10 nitrogen and oxygen atoms in total. The van der Waals surface area contributed by atoms with Crippen molar-refractivity contribution in [1.29, 1.82) is 0 Å². The molecule has 0 spiro atoms. The Morgan fingerprint density at radius 2 is 1.71 bits per heavy atom. The Kier molecular flexibility index (Phi) is 8.98. The molecule has 0 amide bonds. The van der Waals surface area contributed by atoms with Gasteiger partial charge in [0.15, 0.2) is 0 Å². The van der Waals surface area contributed by atoms with Crippen LogP contribution in [0, 0.1) is 0 Å².